The van der Waals surface area contributed by atoms with Crippen molar-refractivity contribution in [1.29, 1.82) is 0 Å². The summed E-state index contributed by atoms with van der Waals surface area (Å²) in [4.78, 5) is 26.9. The Morgan fingerprint density at radius 2 is 1.71 bits per heavy atom. The fourth-order valence-electron chi connectivity index (χ4n) is 3.63. The van der Waals surface area contributed by atoms with Gasteiger partial charge >= 0.3 is 0 Å². The molecule has 1 atom stereocenters. The monoisotopic (exact) mass is 421 g/mol. The Bertz CT molecular complexity index is 1210. The number of carbonyl (C=O) groups is 2. The molecule has 3 aromatic rings. The van der Waals surface area contributed by atoms with E-state index in [9.17, 15) is 23.5 Å². The Balaban J connectivity index is 1.96. The highest BCUT2D eigenvalue weighted by atomic mass is 19.1. The summed E-state index contributed by atoms with van der Waals surface area (Å²) in [5.74, 6) is -3.79. The molecule has 1 unspecified atom stereocenters. The fourth-order valence-corrected chi connectivity index (χ4v) is 3.63. The first-order valence-corrected chi connectivity index (χ1v) is 9.38. The average Bonchev–Trinajstić information content (AvgIpc) is 3.04. The van der Waals surface area contributed by atoms with Crippen LogP contribution in [-0.4, -0.2) is 23.9 Å². The lowest BCUT2D eigenvalue weighted by Crippen LogP contribution is -2.30. The highest BCUT2D eigenvalue weighted by Gasteiger charge is 2.47. The summed E-state index contributed by atoms with van der Waals surface area (Å²) in [5.41, 5.74) is 0.281. The SMILES string of the molecule is COc1cccc(/C(O)=C2\C(=O)C(=O)N(c3ccc(F)cc3F)C2c2ccccc2)c1. The molecule has 1 amide bonds. The molecule has 1 aliphatic heterocycles. The van der Waals surface area contributed by atoms with E-state index in [1.807, 2.05) is 0 Å². The van der Waals surface area contributed by atoms with Gasteiger partial charge in [-0.25, -0.2) is 8.78 Å². The molecule has 1 N–H and O–H groups in total. The van der Waals surface area contributed by atoms with Gasteiger partial charge in [0.05, 0.1) is 24.4 Å². The third-order valence-corrected chi connectivity index (χ3v) is 5.07. The van der Waals surface area contributed by atoms with Gasteiger partial charge in [-0.3, -0.25) is 14.5 Å². The number of anilines is 1. The van der Waals surface area contributed by atoms with Crippen LogP contribution in [0.2, 0.25) is 0 Å². The molecule has 1 fully saturated rings. The first kappa shape index (κ1) is 20.3. The third kappa shape index (κ3) is 3.54. The van der Waals surface area contributed by atoms with Crippen molar-refractivity contribution >= 4 is 23.1 Å². The Hall–Kier alpha value is -4.00. The minimum absolute atomic E-state index is 0.201. The molecule has 1 saturated heterocycles. The van der Waals surface area contributed by atoms with Crippen LogP contribution in [0.15, 0.2) is 78.4 Å². The molecule has 1 aliphatic rings. The molecule has 0 radical (unpaired) electrons. The van der Waals surface area contributed by atoms with Gasteiger partial charge in [-0.2, -0.15) is 0 Å². The lowest BCUT2D eigenvalue weighted by atomic mass is 9.95. The number of methoxy groups -OCH3 is 1. The van der Waals surface area contributed by atoms with Crippen molar-refractivity contribution in [1.82, 2.24) is 0 Å². The second-order valence-corrected chi connectivity index (χ2v) is 6.91. The fraction of sp³-hybridized carbons (Fsp3) is 0.0833. The number of amides is 1. The number of aliphatic hydroxyl groups is 1. The van der Waals surface area contributed by atoms with Crippen molar-refractivity contribution in [3.63, 3.8) is 0 Å². The number of rotatable bonds is 4. The van der Waals surface area contributed by atoms with Crippen LogP contribution in [0.4, 0.5) is 14.5 Å². The molecular formula is C24H17F2NO4. The zero-order chi connectivity index (χ0) is 22.1. The van der Waals surface area contributed by atoms with Gasteiger partial charge in [0, 0.05) is 11.6 Å². The zero-order valence-corrected chi connectivity index (χ0v) is 16.4. The van der Waals surface area contributed by atoms with E-state index in [-0.39, 0.29) is 16.8 Å². The van der Waals surface area contributed by atoms with E-state index in [0.29, 0.717) is 17.4 Å². The average molecular weight is 421 g/mol. The summed E-state index contributed by atoms with van der Waals surface area (Å²) in [5, 5.41) is 11.0. The third-order valence-electron chi connectivity index (χ3n) is 5.07. The van der Waals surface area contributed by atoms with E-state index >= 15 is 0 Å². The number of ether oxygens (including phenoxy) is 1. The van der Waals surface area contributed by atoms with Crippen LogP contribution in [0.25, 0.3) is 5.76 Å². The number of halogens is 2. The Morgan fingerprint density at radius 3 is 2.39 bits per heavy atom. The van der Waals surface area contributed by atoms with Gasteiger partial charge in [0.2, 0.25) is 0 Å². The number of nitrogens with zero attached hydrogens (tertiary/aromatic N) is 1. The minimum atomic E-state index is -1.10. The molecule has 7 heteroatoms. The van der Waals surface area contributed by atoms with E-state index in [1.54, 1.807) is 48.5 Å². The maximum atomic E-state index is 14.6. The van der Waals surface area contributed by atoms with Crippen LogP contribution in [0, 0.1) is 11.6 Å². The van der Waals surface area contributed by atoms with Crippen LogP contribution in [-0.2, 0) is 9.59 Å². The number of hydrogen-bond donors (Lipinski definition) is 1. The zero-order valence-electron chi connectivity index (χ0n) is 16.4. The number of Topliss-reactive ketones (excluding diaryl/α,β-unsaturated/α-hetero) is 1. The molecule has 0 saturated carbocycles. The van der Waals surface area contributed by atoms with Gasteiger partial charge in [-0.05, 0) is 29.8 Å². The predicted octanol–water partition coefficient (Wildman–Crippen LogP) is 4.60. The van der Waals surface area contributed by atoms with Crippen LogP contribution < -0.4 is 9.64 Å². The molecule has 31 heavy (non-hydrogen) atoms. The van der Waals surface area contributed by atoms with E-state index < -0.39 is 35.1 Å². The Kier molecular flexibility index (Phi) is 5.25. The maximum Gasteiger partial charge on any atom is 0.300 e. The quantitative estimate of drug-likeness (QED) is 0.380. The van der Waals surface area contributed by atoms with Crippen LogP contribution in [0.5, 0.6) is 5.75 Å². The highest BCUT2D eigenvalue weighted by molar-refractivity contribution is 6.51. The van der Waals surface area contributed by atoms with Gasteiger partial charge in [0.25, 0.3) is 11.7 Å². The van der Waals surface area contributed by atoms with E-state index in [4.69, 9.17) is 4.74 Å². The first-order valence-electron chi connectivity index (χ1n) is 9.38. The number of ketones is 1. The van der Waals surface area contributed by atoms with Crippen LogP contribution in [0.1, 0.15) is 17.2 Å². The van der Waals surface area contributed by atoms with Gasteiger partial charge in [0.15, 0.2) is 0 Å². The van der Waals surface area contributed by atoms with Crippen LogP contribution in [0.3, 0.4) is 0 Å². The van der Waals surface area contributed by atoms with Crippen molar-refractivity contribution in [3.05, 3.63) is 101 Å². The molecule has 3 aromatic carbocycles. The molecule has 0 spiro atoms. The number of carbonyl (C=O) groups excluding carboxylic acids is 2. The topological polar surface area (TPSA) is 66.8 Å². The minimum Gasteiger partial charge on any atom is -0.507 e. The molecule has 5 nitrogen and oxygen atoms in total. The first-order chi connectivity index (χ1) is 14.9. The Labute approximate surface area is 176 Å². The summed E-state index contributed by atoms with van der Waals surface area (Å²) in [7, 11) is 1.46. The largest absolute Gasteiger partial charge is 0.507 e. The molecule has 4 rings (SSSR count). The summed E-state index contributed by atoms with van der Waals surface area (Å²) in [6, 6.07) is 16.5. The van der Waals surface area contributed by atoms with Crippen molar-refractivity contribution in [2.75, 3.05) is 12.0 Å². The molecular weight excluding hydrogens is 404 g/mol. The predicted molar refractivity (Wildman–Crippen MR) is 111 cm³/mol. The lowest BCUT2D eigenvalue weighted by molar-refractivity contribution is -0.132. The number of hydrogen-bond acceptors (Lipinski definition) is 4. The lowest BCUT2D eigenvalue weighted by Gasteiger charge is -2.25. The normalized spacial score (nSPS) is 17.8. The Morgan fingerprint density at radius 1 is 0.968 bits per heavy atom. The van der Waals surface area contributed by atoms with Crippen molar-refractivity contribution in [3.8, 4) is 5.75 Å². The van der Waals surface area contributed by atoms with Gasteiger partial charge in [-0.1, -0.05) is 42.5 Å². The second kappa shape index (κ2) is 8.02. The molecule has 0 aliphatic carbocycles. The standard InChI is InChI=1S/C24H17F2NO4/c1-31-17-9-5-8-15(12-17)22(28)20-21(14-6-3-2-4-7-14)27(24(30)23(20)29)19-11-10-16(25)13-18(19)26/h2-13,21,28H,1H3/b22-20+. The summed E-state index contributed by atoms with van der Waals surface area (Å²) >= 11 is 0. The van der Waals surface area contributed by atoms with Gasteiger partial charge < -0.3 is 9.84 Å². The number of aliphatic hydroxyl groups excluding tert-OH is 1. The summed E-state index contributed by atoms with van der Waals surface area (Å²) in [6.07, 6.45) is 0. The van der Waals surface area contributed by atoms with Gasteiger partial charge in [-0.15, -0.1) is 0 Å². The van der Waals surface area contributed by atoms with E-state index in [1.165, 1.54) is 13.2 Å². The summed E-state index contributed by atoms with van der Waals surface area (Å²) in [6.45, 7) is 0. The van der Waals surface area contributed by atoms with Crippen molar-refractivity contribution < 1.29 is 28.2 Å². The van der Waals surface area contributed by atoms with Gasteiger partial charge in [0.1, 0.15) is 23.1 Å². The number of benzene rings is 3. The van der Waals surface area contributed by atoms with E-state index in [0.717, 1.165) is 17.0 Å². The molecule has 1 heterocycles. The van der Waals surface area contributed by atoms with E-state index in [2.05, 4.69) is 0 Å². The van der Waals surface area contributed by atoms with Crippen molar-refractivity contribution in [2.45, 2.75) is 6.04 Å². The maximum absolute atomic E-state index is 14.6. The van der Waals surface area contributed by atoms with Crippen molar-refractivity contribution in [2.24, 2.45) is 0 Å². The smallest absolute Gasteiger partial charge is 0.300 e. The summed E-state index contributed by atoms with van der Waals surface area (Å²) < 4.78 is 33.2. The highest BCUT2D eigenvalue weighted by Crippen LogP contribution is 2.43. The molecule has 0 aromatic heterocycles. The second-order valence-electron chi connectivity index (χ2n) is 6.91. The molecule has 156 valence electrons. The van der Waals surface area contributed by atoms with Crippen LogP contribution >= 0.6 is 0 Å². The molecule has 0 bridgehead atoms.